The van der Waals surface area contributed by atoms with E-state index in [9.17, 15) is 4.79 Å². The summed E-state index contributed by atoms with van der Waals surface area (Å²) in [6.07, 6.45) is 4.84. The average Bonchev–Trinajstić information content (AvgIpc) is 2.52. The van der Waals surface area contributed by atoms with Gasteiger partial charge in [-0.25, -0.2) is 0 Å². The van der Waals surface area contributed by atoms with Gasteiger partial charge in [0.05, 0.1) is 0 Å². The highest BCUT2D eigenvalue weighted by Gasteiger charge is 2.10. The van der Waals surface area contributed by atoms with Gasteiger partial charge >= 0.3 is 0 Å². The van der Waals surface area contributed by atoms with Gasteiger partial charge in [0.15, 0.2) is 0 Å². The molecule has 0 saturated carbocycles. The summed E-state index contributed by atoms with van der Waals surface area (Å²) in [6, 6.07) is 10.5. The van der Waals surface area contributed by atoms with Crippen LogP contribution in [0.3, 0.4) is 0 Å². The monoisotopic (exact) mass is 363 g/mol. The van der Waals surface area contributed by atoms with Crippen LogP contribution in [0.1, 0.15) is 39.0 Å². The second-order valence-electron chi connectivity index (χ2n) is 5.55. The van der Waals surface area contributed by atoms with Gasteiger partial charge in [-0.05, 0) is 38.4 Å². The maximum absolute atomic E-state index is 11.8. The van der Waals surface area contributed by atoms with Crippen LogP contribution in [0.2, 0.25) is 0 Å². The first-order valence-corrected chi connectivity index (χ1v) is 7.89. The molecule has 23 heavy (non-hydrogen) atoms. The molecule has 0 aliphatic rings. The molecule has 3 N–H and O–H groups in total. The highest BCUT2D eigenvalue weighted by atomic mass is 35.5. The SMILES string of the molecule is CC(CNC(=O)CCCCCCN)N(C)c1ccccc1.Cl.Cl. The van der Waals surface area contributed by atoms with Crippen LogP contribution in [0.25, 0.3) is 0 Å². The molecule has 0 bridgehead atoms. The lowest BCUT2D eigenvalue weighted by atomic mass is 10.1. The van der Waals surface area contributed by atoms with Gasteiger partial charge in [-0.3, -0.25) is 4.79 Å². The summed E-state index contributed by atoms with van der Waals surface area (Å²) in [5, 5.41) is 3.02. The summed E-state index contributed by atoms with van der Waals surface area (Å²) in [6.45, 7) is 3.54. The number of carbonyl (C=O) groups excluding carboxylic acids is 1. The largest absolute Gasteiger partial charge is 0.370 e. The molecule has 0 aliphatic heterocycles. The maximum atomic E-state index is 11.8. The van der Waals surface area contributed by atoms with E-state index in [1.165, 1.54) is 5.69 Å². The van der Waals surface area contributed by atoms with Crippen molar-refractivity contribution in [2.75, 3.05) is 25.0 Å². The quantitative estimate of drug-likeness (QED) is 0.626. The first kappa shape index (κ1) is 24.3. The fourth-order valence-electron chi connectivity index (χ4n) is 2.19. The van der Waals surface area contributed by atoms with Crippen molar-refractivity contribution in [1.29, 1.82) is 0 Å². The zero-order valence-corrected chi connectivity index (χ0v) is 15.8. The van der Waals surface area contributed by atoms with Gasteiger partial charge in [0.25, 0.3) is 0 Å². The molecule has 0 radical (unpaired) electrons. The number of benzene rings is 1. The lowest BCUT2D eigenvalue weighted by Gasteiger charge is -2.27. The number of hydrogen-bond donors (Lipinski definition) is 2. The smallest absolute Gasteiger partial charge is 0.220 e. The van der Waals surface area contributed by atoms with Crippen molar-refractivity contribution in [3.8, 4) is 0 Å². The Kier molecular flexibility index (Phi) is 15.4. The zero-order chi connectivity index (χ0) is 15.5. The number of rotatable bonds is 10. The van der Waals surface area contributed by atoms with Crippen LogP contribution in [0, 0.1) is 0 Å². The van der Waals surface area contributed by atoms with Crippen LogP contribution in [-0.2, 0) is 4.79 Å². The first-order valence-electron chi connectivity index (χ1n) is 7.89. The Bertz CT molecular complexity index is 404. The molecule has 1 aromatic carbocycles. The Morgan fingerprint density at radius 2 is 1.74 bits per heavy atom. The number of para-hydroxylation sites is 1. The minimum Gasteiger partial charge on any atom is -0.370 e. The van der Waals surface area contributed by atoms with Crippen LogP contribution in [0.4, 0.5) is 5.69 Å². The van der Waals surface area contributed by atoms with Crippen molar-refractivity contribution < 1.29 is 4.79 Å². The van der Waals surface area contributed by atoms with Crippen molar-refractivity contribution in [3.05, 3.63) is 30.3 Å². The minimum atomic E-state index is 0. The van der Waals surface area contributed by atoms with Gasteiger partial charge in [0.1, 0.15) is 0 Å². The molecule has 0 heterocycles. The highest BCUT2D eigenvalue weighted by molar-refractivity contribution is 5.85. The van der Waals surface area contributed by atoms with Crippen molar-refractivity contribution in [3.63, 3.8) is 0 Å². The predicted molar refractivity (Wildman–Crippen MR) is 104 cm³/mol. The molecule has 1 aromatic rings. The van der Waals surface area contributed by atoms with Crippen molar-refractivity contribution in [2.45, 2.75) is 45.1 Å². The van der Waals surface area contributed by atoms with Crippen LogP contribution in [-0.4, -0.2) is 32.1 Å². The maximum Gasteiger partial charge on any atom is 0.220 e. The minimum absolute atomic E-state index is 0. The van der Waals surface area contributed by atoms with Crippen LogP contribution in [0.5, 0.6) is 0 Å². The van der Waals surface area contributed by atoms with Crippen molar-refractivity contribution in [1.82, 2.24) is 5.32 Å². The number of anilines is 1. The Morgan fingerprint density at radius 3 is 2.35 bits per heavy atom. The van der Waals surface area contributed by atoms with E-state index in [0.29, 0.717) is 13.0 Å². The highest BCUT2D eigenvalue weighted by Crippen LogP contribution is 2.13. The van der Waals surface area contributed by atoms with Crippen LogP contribution in [0.15, 0.2) is 30.3 Å². The molecule has 134 valence electrons. The van der Waals surface area contributed by atoms with E-state index in [1.54, 1.807) is 0 Å². The molecule has 0 fully saturated rings. The number of hydrogen-bond acceptors (Lipinski definition) is 3. The Labute approximate surface area is 153 Å². The lowest BCUT2D eigenvalue weighted by Crippen LogP contribution is -2.40. The Balaban J connectivity index is 0. The van der Waals surface area contributed by atoms with E-state index >= 15 is 0 Å². The number of amides is 1. The second kappa shape index (κ2) is 14.6. The summed E-state index contributed by atoms with van der Waals surface area (Å²) in [4.78, 5) is 14.0. The molecular weight excluding hydrogens is 333 g/mol. The van der Waals surface area contributed by atoms with E-state index in [0.717, 1.165) is 32.2 Å². The topological polar surface area (TPSA) is 58.4 Å². The Morgan fingerprint density at radius 1 is 1.13 bits per heavy atom. The normalized spacial score (nSPS) is 10.9. The van der Waals surface area contributed by atoms with E-state index < -0.39 is 0 Å². The zero-order valence-electron chi connectivity index (χ0n) is 14.2. The summed E-state index contributed by atoms with van der Waals surface area (Å²) < 4.78 is 0. The van der Waals surface area contributed by atoms with E-state index in [-0.39, 0.29) is 36.8 Å². The molecule has 0 saturated heterocycles. The van der Waals surface area contributed by atoms with Gasteiger partial charge in [-0.1, -0.05) is 31.0 Å². The van der Waals surface area contributed by atoms with E-state index in [4.69, 9.17) is 5.73 Å². The molecule has 1 unspecified atom stereocenters. The van der Waals surface area contributed by atoms with Gasteiger partial charge in [-0.2, -0.15) is 0 Å². The summed E-state index contributed by atoms with van der Waals surface area (Å²) in [5.74, 6) is 0.149. The Hall–Kier alpha value is -0.970. The fourth-order valence-corrected chi connectivity index (χ4v) is 2.19. The molecule has 6 heteroatoms. The number of likely N-dealkylation sites (N-methyl/N-ethyl adjacent to an activating group) is 1. The summed E-state index contributed by atoms with van der Waals surface area (Å²) in [7, 11) is 2.05. The van der Waals surface area contributed by atoms with Gasteiger partial charge in [0.2, 0.25) is 5.91 Å². The molecule has 4 nitrogen and oxygen atoms in total. The van der Waals surface area contributed by atoms with Crippen molar-refractivity contribution in [2.24, 2.45) is 5.73 Å². The summed E-state index contributed by atoms with van der Waals surface area (Å²) >= 11 is 0. The third-order valence-corrected chi connectivity index (χ3v) is 3.78. The predicted octanol–water partition coefficient (Wildman–Crippen LogP) is 3.38. The number of nitrogens with two attached hydrogens (primary N) is 1. The standard InChI is InChI=1S/C17H29N3O.2ClH/c1-15(20(2)16-10-6-5-7-11-16)14-19-17(21)12-8-3-4-9-13-18;;/h5-7,10-11,15H,3-4,8-9,12-14,18H2,1-2H3,(H,19,21);2*1H. The third-order valence-electron chi connectivity index (χ3n) is 3.78. The molecule has 1 atom stereocenters. The molecule has 0 aromatic heterocycles. The average molecular weight is 364 g/mol. The number of halogens is 2. The second-order valence-corrected chi connectivity index (χ2v) is 5.55. The van der Waals surface area contributed by atoms with E-state index in [1.807, 2.05) is 18.2 Å². The van der Waals surface area contributed by atoms with Gasteiger partial charge in [0, 0.05) is 31.7 Å². The molecule has 0 aliphatic carbocycles. The van der Waals surface area contributed by atoms with Crippen molar-refractivity contribution >= 4 is 36.4 Å². The van der Waals surface area contributed by atoms with E-state index in [2.05, 4.69) is 36.3 Å². The number of unbranched alkanes of at least 4 members (excludes halogenated alkanes) is 3. The number of nitrogens with zero attached hydrogens (tertiary/aromatic N) is 1. The van der Waals surface area contributed by atoms with Gasteiger partial charge < -0.3 is 16.0 Å². The number of nitrogens with one attached hydrogen (secondary N) is 1. The lowest BCUT2D eigenvalue weighted by molar-refractivity contribution is -0.121. The molecule has 1 rings (SSSR count). The summed E-state index contributed by atoms with van der Waals surface area (Å²) in [5.41, 5.74) is 6.61. The first-order chi connectivity index (χ1) is 10.1. The molecular formula is C17H31Cl2N3O. The van der Waals surface area contributed by atoms with Gasteiger partial charge in [-0.15, -0.1) is 24.8 Å². The molecule has 0 spiro atoms. The number of carbonyl (C=O) groups is 1. The van der Waals surface area contributed by atoms with Crippen LogP contribution < -0.4 is 16.0 Å². The fraction of sp³-hybridized carbons (Fsp3) is 0.588. The van der Waals surface area contributed by atoms with Crippen LogP contribution >= 0.6 is 24.8 Å². The third kappa shape index (κ3) is 10.4. The molecule has 1 amide bonds.